The molecular formula is C27H35ClO10. The maximum Gasteiger partial charge on any atom is 0.312 e. The van der Waals surface area contributed by atoms with E-state index in [2.05, 4.69) is 6.58 Å². The Kier molecular flexibility index (Phi) is 8.48. The van der Waals surface area contributed by atoms with Crippen LogP contribution in [0.25, 0.3) is 0 Å². The van der Waals surface area contributed by atoms with E-state index in [0.29, 0.717) is 0 Å². The van der Waals surface area contributed by atoms with E-state index in [4.69, 9.17) is 30.5 Å². The van der Waals surface area contributed by atoms with Crippen LogP contribution < -0.4 is 0 Å². The Labute approximate surface area is 226 Å². The molecule has 210 valence electrons. The number of carbonyl (C=O) groups is 5. The molecule has 2 fully saturated rings. The number of esters is 4. The summed E-state index contributed by atoms with van der Waals surface area (Å²) in [6.07, 6.45) is -2.51. The first-order chi connectivity index (χ1) is 17.6. The third-order valence-corrected chi connectivity index (χ3v) is 8.61. The average Bonchev–Trinajstić information content (AvgIpc) is 3.07. The summed E-state index contributed by atoms with van der Waals surface area (Å²) in [4.78, 5) is 63.2. The second-order valence-corrected chi connectivity index (χ2v) is 11.1. The molecule has 0 unspecified atom stereocenters. The highest BCUT2D eigenvalue weighted by Gasteiger charge is 2.68. The van der Waals surface area contributed by atoms with Gasteiger partial charge in [0.2, 0.25) is 0 Å². The Balaban J connectivity index is 2.39. The number of ether oxygens (including phenoxy) is 4. The van der Waals surface area contributed by atoms with Crippen LogP contribution in [0.4, 0.5) is 0 Å². The Morgan fingerprint density at radius 2 is 1.74 bits per heavy atom. The molecule has 0 aromatic rings. The Bertz CT molecular complexity index is 1070. The van der Waals surface area contributed by atoms with Crippen molar-refractivity contribution in [3.05, 3.63) is 24.3 Å². The van der Waals surface area contributed by atoms with Gasteiger partial charge < -0.3 is 24.1 Å². The maximum atomic E-state index is 13.0. The molecule has 0 radical (unpaired) electrons. The van der Waals surface area contributed by atoms with Crippen molar-refractivity contribution in [3.8, 4) is 0 Å². The molecule has 0 bridgehead atoms. The predicted octanol–water partition coefficient (Wildman–Crippen LogP) is 2.43. The minimum Gasteiger partial charge on any atom is -0.459 e. The van der Waals surface area contributed by atoms with Crippen LogP contribution in [-0.4, -0.2) is 70.2 Å². The molecule has 10 atom stereocenters. The summed E-state index contributed by atoms with van der Waals surface area (Å²) >= 11 is 6.74. The molecule has 1 N–H and O–H groups in total. The van der Waals surface area contributed by atoms with Crippen molar-refractivity contribution >= 4 is 41.3 Å². The van der Waals surface area contributed by atoms with Crippen molar-refractivity contribution in [1.82, 2.24) is 0 Å². The van der Waals surface area contributed by atoms with Crippen LogP contribution in [0.3, 0.4) is 0 Å². The van der Waals surface area contributed by atoms with Crippen LogP contribution in [0.1, 0.15) is 54.4 Å². The van der Waals surface area contributed by atoms with Crippen LogP contribution in [0, 0.1) is 23.2 Å². The molecule has 0 aromatic carbocycles. The normalized spacial score (nSPS) is 40.9. The fraction of sp³-hybridized carbons (Fsp3) is 0.667. The van der Waals surface area contributed by atoms with E-state index in [1.54, 1.807) is 20.8 Å². The fourth-order valence-corrected chi connectivity index (χ4v) is 6.39. The molecule has 1 saturated heterocycles. The zero-order valence-corrected chi connectivity index (χ0v) is 23.2. The Morgan fingerprint density at radius 3 is 2.29 bits per heavy atom. The smallest absolute Gasteiger partial charge is 0.312 e. The van der Waals surface area contributed by atoms with Crippen LogP contribution >= 0.6 is 11.6 Å². The lowest BCUT2D eigenvalue weighted by atomic mass is 9.56. The van der Waals surface area contributed by atoms with Crippen molar-refractivity contribution in [2.45, 2.75) is 89.8 Å². The van der Waals surface area contributed by atoms with Gasteiger partial charge in [0.1, 0.15) is 18.3 Å². The number of carbonyl (C=O) groups excluding carboxylic acids is 5. The number of rotatable bonds is 4. The second-order valence-electron chi connectivity index (χ2n) is 10.6. The SMILES string of the molecule is C=C1C[C@H](OC(C)=O)[C@H](OC(=O)CC)[C@@]2(C)C=CC(=O)[C@H](C)[C@@H]2[C@@H](OC(C)=O)[C@]2(O)[C@@H](C)C(=O)O[C@H]2[C@H]1Cl. The lowest BCUT2D eigenvalue weighted by Gasteiger charge is -2.53. The van der Waals surface area contributed by atoms with Gasteiger partial charge >= 0.3 is 23.9 Å². The van der Waals surface area contributed by atoms with Crippen LogP contribution in [0.15, 0.2) is 24.3 Å². The molecule has 3 rings (SSSR count). The number of halogens is 1. The van der Waals surface area contributed by atoms with Gasteiger partial charge in [-0.2, -0.15) is 0 Å². The van der Waals surface area contributed by atoms with E-state index in [-0.39, 0.29) is 24.2 Å². The molecule has 3 aliphatic rings. The summed E-state index contributed by atoms with van der Waals surface area (Å²) in [5.74, 6) is -6.32. The fourth-order valence-electron chi connectivity index (χ4n) is 6.04. The number of ketones is 1. The van der Waals surface area contributed by atoms with Crippen LogP contribution in [0.5, 0.6) is 0 Å². The summed E-state index contributed by atoms with van der Waals surface area (Å²) < 4.78 is 22.8. The lowest BCUT2D eigenvalue weighted by Crippen LogP contribution is -2.67. The van der Waals surface area contributed by atoms with Gasteiger partial charge in [-0.05, 0) is 13.0 Å². The van der Waals surface area contributed by atoms with E-state index in [0.717, 1.165) is 6.92 Å². The summed E-state index contributed by atoms with van der Waals surface area (Å²) in [5.41, 5.74) is -3.30. The van der Waals surface area contributed by atoms with Crippen molar-refractivity contribution in [2.75, 3.05) is 0 Å². The molecule has 0 aromatic heterocycles. The maximum absolute atomic E-state index is 13.0. The van der Waals surface area contributed by atoms with Crippen LogP contribution in [-0.2, 0) is 42.9 Å². The zero-order valence-electron chi connectivity index (χ0n) is 22.4. The van der Waals surface area contributed by atoms with Gasteiger partial charge in [0.25, 0.3) is 0 Å². The predicted molar refractivity (Wildman–Crippen MR) is 134 cm³/mol. The monoisotopic (exact) mass is 554 g/mol. The van der Waals surface area contributed by atoms with Crippen molar-refractivity contribution in [3.63, 3.8) is 0 Å². The minimum absolute atomic E-state index is 0.0000755. The first-order valence-electron chi connectivity index (χ1n) is 12.6. The number of fused-ring (bicyclic) bond motifs is 2. The summed E-state index contributed by atoms with van der Waals surface area (Å²) in [7, 11) is 0. The van der Waals surface area contributed by atoms with Crippen molar-refractivity contribution in [2.24, 2.45) is 23.2 Å². The highest BCUT2D eigenvalue weighted by Crippen LogP contribution is 2.54. The zero-order chi connectivity index (χ0) is 28.7. The number of alkyl halides is 1. The van der Waals surface area contributed by atoms with Gasteiger partial charge in [0, 0.05) is 43.9 Å². The number of aliphatic hydroxyl groups is 1. The first kappa shape index (κ1) is 29.8. The third-order valence-electron chi connectivity index (χ3n) is 8.07. The van der Waals surface area contributed by atoms with Gasteiger partial charge in [-0.25, -0.2) is 0 Å². The van der Waals surface area contributed by atoms with Gasteiger partial charge in [-0.15, -0.1) is 11.6 Å². The largest absolute Gasteiger partial charge is 0.459 e. The van der Waals surface area contributed by atoms with Crippen molar-refractivity contribution < 1.29 is 48.0 Å². The number of hydrogen-bond donors (Lipinski definition) is 1. The van der Waals surface area contributed by atoms with Crippen LogP contribution in [0.2, 0.25) is 0 Å². The molecule has 0 amide bonds. The molecule has 2 aliphatic carbocycles. The molecular weight excluding hydrogens is 520 g/mol. The Morgan fingerprint density at radius 1 is 1.13 bits per heavy atom. The molecule has 38 heavy (non-hydrogen) atoms. The second kappa shape index (κ2) is 10.8. The van der Waals surface area contributed by atoms with Gasteiger partial charge in [-0.1, -0.05) is 39.0 Å². The van der Waals surface area contributed by atoms with E-state index in [1.165, 1.54) is 26.0 Å². The minimum atomic E-state index is -2.18. The van der Waals surface area contributed by atoms with Gasteiger partial charge in [0.15, 0.2) is 17.5 Å². The number of hydrogen-bond acceptors (Lipinski definition) is 10. The molecule has 1 aliphatic heterocycles. The summed E-state index contributed by atoms with van der Waals surface area (Å²) in [6, 6.07) is 0. The van der Waals surface area contributed by atoms with E-state index >= 15 is 0 Å². The lowest BCUT2D eigenvalue weighted by molar-refractivity contribution is -0.217. The summed E-state index contributed by atoms with van der Waals surface area (Å²) in [6.45, 7) is 12.6. The average molecular weight is 555 g/mol. The van der Waals surface area contributed by atoms with Gasteiger partial charge in [-0.3, -0.25) is 24.0 Å². The summed E-state index contributed by atoms with van der Waals surface area (Å²) in [5, 5.41) is 11.1. The topological polar surface area (TPSA) is 142 Å². The first-order valence-corrected chi connectivity index (χ1v) is 13.0. The highest BCUT2D eigenvalue weighted by molar-refractivity contribution is 6.23. The Hall–Kier alpha value is -2.72. The van der Waals surface area contributed by atoms with Crippen molar-refractivity contribution in [1.29, 1.82) is 0 Å². The van der Waals surface area contributed by atoms with Gasteiger partial charge in [0.05, 0.1) is 11.3 Å². The molecule has 1 saturated carbocycles. The molecule has 10 nitrogen and oxygen atoms in total. The van der Waals surface area contributed by atoms with E-state index < -0.39 is 82.4 Å². The highest BCUT2D eigenvalue weighted by atomic mass is 35.5. The molecule has 11 heteroatoms. The quantitative estimate of drug-likeness (QED) is 0.238. The third kappa shape index (κ3) is 5.00. The molecule has 0 spiro atoms. The van der Waals surface area contributed by atoms with E-state index in [1.807, 2.05) is 0 Å². The number of allylic oxidation sites excluding steroid dienone is 1. The molecule has 1 heterocycles. The standard InChI is InChI=1S/C27H35ClO10/c1-8-19(32)37-22-18(35-15(5)29)11-12(2)21(28)24-27(34,14(4)25(33)38-24)23(36-16(6)30)20-13(3)17(31)9-10-26(20,22)7/h9-10,13-14,18,20-24,34H,2,8,11H2,1,3-7H3/t13-,14-,18-,20+,21-,22-,23+,24-,26-,27+/m0/s1. The van der Waals surface area contributed by atoms with E-state index in [9.17, 15) is 29.1 Å².